The van der Waals surface area contributed by atoms with Crippen LogP contribution >= 0.6 is 0 Å². The van der Waals surface area contributed by atoms with Gasteiger partial charge in [-0.2, -0.15) is 4.31 Å². The molecule has 11 heteroatoms. The summed E-state index contributed by atoms with van der Waals surface area (Å²) in [5, 5.41) is 14.1. The highest BCUT2D eigenvalue weighted by Crippen LogP contribution is 2.22. The number of anilines is 1. The molecule has 1 heterocycles. The Hall–Kier alpha value is -3.18. The van der Waals surface area contributed by atoms with Crippen molar-refractivity contribution in [2.75, 3.05) is 45.2 Å². The van der Waals surface area contributed by atoms with Crippen molar-refractivity contribution in [3.05, 3.63) is 58.6 Å². The second-order valence-corrected chi connectivity index (χ2v) is 8.89. The van der Waals surface area contributed by atoms with E-state index in [4.69, 9.17) is 4.74 Å². The molecular formula is C20H24N4O6S. The maximum atomic E-state index is 12.8. The van der Waals surface area contributed by atoms with E-state index in [-0.39, 0.29) is 49.1 Å². The molecule has 0 aliphatic carbocycles. The zero-order chi connectivity index (χ0) is 22.4. The summed E-state index contributed by atoms with van der Waals surface area (Å²) in [5.41, 5.74) is 0.568. The molecule has 0 unspecified atom stereocenters. The summed E-state index contributed by atoms with van der Waals surface area (Å²) in [6.07, 6.45) is 0.273. The second kappa shape index (κ2) is 9.75. The van der Waals surface area contributed by atoms with Gasteiger partial charge < -0.3 is 15.0 Å². The van der Waals surface area contributed by atoms with Crippen molar-refractivity contribution < 1.29 is 22.9 Å². The topological polar surface area (TPSA) is 122 Å². The fourth-order valence-electron chi connectivity index (χ4n) is 3.29. The summed E-state index contributed by atoms with van der Waals surface area (Å²) < 4.78 is 32.0. The number of piperazine rings is 1. The summed E-state index contributed by atoms with van der Waals surface area (Å²) in [6, 6.07) is 12.4. The van der Waals surface area contributed by atoms with Gasteiger partial charge in [0.15, 0.2) is 0 Å². The number of nitro groups is 1. The van der Waals surface area contributed by atoms with E-state index < -0.39 is 14.9 Å². The van der Waals surface area contributed by atoms with Crippen LogP contribution in [0.3, 0.4) is 0 Å². The van der Waals surface area contributed by atoms with Crippen LogP contribution in [0.4, 0.5) is 11.4 Å². The molecule has 10 nitrogen and oxygen atoms in total. The van der Waals surface area contributed by atoms with Gasteiger partial charge in [-0.1, -0.05) is 12.1 Å². The maximum Gasteiger partial charge on any atom is 0.270 e. The molecule has 2 aromatic rings. The van der Waals surface area contributed by atoms with Crippen molar-refractivity contribution in [3.63, 3.8) is 0 Å². The molecule has 166 valence electrons. The standard InChI is InChI=1S/C20H24N4O6S/c1-30-18-6-2-4-16(14-18)21-9-8-20(25)22-10-12-23(13-11-22)31(28,29)19-7-3-5-17(15-19)24(26)27/h2-7,14-15,21H,8-13H2,1H3. The van der Waals surface area contributed by atoms with Crippen LogP contribution in [0.15, 0.2) is 53.4 Å². The third kappa shape index (κ3) is 5.50. The van der Waals surface area contributed by atoms with Crippen molar-refractivity contribution in [1.29, 1.82) is 0 Å². The second-order valence-electron chi connectivity index (χ2n) is 6.95. The average Bonchev–Trinajstić information content (AvgIpc) is 2.79. The van der Waals surface area contributed by atoms with Gasteiger partial charge in [-0.15, -0.1) is 0 Å². The predicted octanol–water partition coefficient (Wildman–Crippen LogP) is 1.94. The number of rotatable bonds is 8. The monoisotopic (exact) mass is 448 g/mol. The van der Waals surface area contributed by atoms with Gasteiger partial charge in [0.25, 0.3) is 5.69 Å². The molecule has 31 heavy (non-hydrogen) atoms. The van der Waals surface area contributed by atoms with Crippen LogP contribution in [0.2, 0.25) is 0 Å². The Morgan fingerprint density at radius 3 is 2.52 bits per heavy atom. The number of nitrogens with one attached hydrogen (secondary N) is 1. The number of hydrogen-bond acceptors (Lipinski definition) is 7. The van der Waals surface area contributed by atoms with E-state index in [1.165, 1.54) is 22.5 Å². The maximum absolute atomic E-state index is 12.8. The third-order valence-electron chi connectivity index (χ3n) is 5.00. The molecule has 1 saturated heterocycles. The van der Waals surface area contributed by atoms with E-state index in [2.05, 4.69) is 5.32 Å². The molecule has 1 aliphatic heterocycles. The van der Waals surface area contributed by atoms with E-state index in [0.29, 0.717) is 6.54 Å². The zero-order valence-electron chi connectivity index (χ0n) is 17.1. The molecule has 0 aromatic heterocycles. The minimum absolute atomic E-state index is 0.0669. The highest BCUT2D eigenvalue weighted by molar-refractivity contribution is 7.89. The van der Waals surface area contributed by atoms with Crippen LogP contribution in [0, 0.1) is 10.1 Å². The highest BCUT2D eigenvalue weighted by Gasteiger charge is 2.30. The predicted molar refractivity (Wildman–Crippen MR) is 115 cm³/mol. The first-order valence-corrected chi connectivity index (χ1v) is 11.2. The smallest absolute Gasteiger partial charge is 0.270 e. The van der Waals surface area contributed by atoms with Crippen molar-refractivity contribution in [2.24, 2.45) is 0 Å². The number of methoxy groups -OCH3 is 1. The minimum atomic E-state index is -3.86. The summed E-state index contributed by atoms with van der Waals surface area (Å²) in [5.74, 6) is 0.653. The van der Waals surface area contributed by atoms with E-state index >= 15 is 0 Å². The van der Waals surface area contributed by atoms with E-state index in [9.17, 15) is 23.3 Å². The summed E-state index contributed by atoms with van der Waals surface area (Å²) in [7, 11) is -2.28. The number of amides is 1. The zero-order valence-corrected chi connectivity index (χ0v) is 17.9. The minimum Gasteiger partial charge on any atom is -0.497 e. The molecule has 0 saturated carbocycles. The van der Waals surface area contributed by atoms with E-state index in [1.54, 1.807) is 12.0 Å². The van der Waals surface area contributed by atoms with E-state index in [0.717, 1.165) is 17.5 Å². The number of sulfonamides is 1. The first-order valence-electron chi connectivity index (χ1n) is 9.71. The molecule has 3 rings (SSSR count). The number of non-ortho nitro benzene ring substituents is 1. The van der Waals surface area contributed by atoms with Crippen LogP contribution in [-0.4, -0.2) is 68.3 Å². The molecule has 1 fully saturated rings. The molecule has 0 spiro atoms. The Morgan fingerprint density at radius 2 is 1.84 bits per heavy atom. The lowest BCUT2D eigenvalue weighted by Crippen LogP contribution is -2.50. The summed E-state index contributed by atoms with van der Waals surface area (Å²) >= 11 is 0. The van der Waals surface area contributed by atoms with Gasteiger partial charge in [-0.05, 0) is 18.2 Å². The average molecular weight is 449 g/mol. The summed E-state index contributed by atoms with van der Waals surface area (Å²) in [6.45, 7) is 1.26. The lowest BCUT2D eigenvalue weighted by Gasteiger charge is -2.34. The van der Waals surface area contributed by atoms with Crippen molar-refractivity contribution >= 4 is 27.3 Å². The number of carbonyl (C=O) groups is 1. The Kier molecular flexibility index (Phi) is 7.08. The van der Waals surface area contributed by atoms with E-state index in [1.807, 2.05) is 24.3 Å². The van der Waals surface area contributed by atoms with Crippen LogP contribution in [-0.2, 0) is 14.8 Å². The number of benzene rings is 2. The number of nitro benzene ring substituents is 1. The lowest BCUT2D eigenvalue weighted by atomic mass is 10.2. The highest BCUT2D eigenvalue weighted by atomic mass is 32.2. The molecule has 1 amide bonds. The van der Waals surface area contributed by atoms with Gasteiger partial charge in [-0.3, -0.25) is 14.9 Å². The fourth-order valence-corrected chi connectivity index (χ4v) is 4.75. The molecular weight excluding hydrogens is 424 g/mol. The normalized spacial score (nSPS) is 14.8. The van der Waals surface area contributed by atoms with Crippen LogP contribution in [0.5, 0.6) is 5.75 Å². The number of ether oxygens (including phenoxy) is 1. The quantitative estimate of drug-likeness (QED) is 0.484. The van der Waals surface area contributed by atoms with Crippen LogP contribution < -0.4 is 10.1 Å². The van der Waals surface area contributed by atoms with Gasteiger partial charge in [-0.25, -0.2) is 8.42 Å². The van der Waals surface area contributed by atoms with Gasteiger partial charge in [0.2, 0.25) is 15.9 Å². The molecule has 2 aromatic carbocycles. The molecule has 0 radical (unpaired) electrons. The van der Waals surface area contributed by atoms with Gasteiger partial charge >= 0.3 is 0 Å². The Labute approximate surface area is 180 Å². The lowest BCUT2D eigenvalue weighted by molar-refractivity contribution is -0.385. The molecule has 0 bridgehead atoms. The fraction of sp³-hybridized carbons (Fsp3) is 0.350. The van der Waals surface area contributed by atoms with Gasteiger partial charge in [0.1, 0.15) is 5.75 Å². The molecule has 0 atom stereocenters. The number of nitrogens with zero attached hydrogens (tertiary/aromatic N) is 3. The van der Waals surface area contributed by atoms with Crippen LogP contribution in [0.1, 0.15) is 6.42 Å². The first kappa shape index (κ1) is 22.5. The van der Waals surface area contributed by atoms with Crippen molar-refractivity contribution in [2.45, 2.75) is 11.3 Å². The largest absolute Gasteiger partial charge is 0.497 e. The Balaban J connectivity index is 1.52. The van der Waals surface area contributed by atoms with Gasteiger partial charge in [0, 0.05) is 63.0 Å². The SMILES string of the molecule is COc1cccc(NCCC(=O)N2CCN(S(=O)(=O)c3cccc([N+](=O)[O-])c3)CC2)c1. The summed E-state index contributed by atoms with van der Waals surface area (Å²) in [4.78, 5) is 24.3. The van der Waals surface area contributed by atoms with Crippen molar-refractivity contribution in [3.8, 4) is 5.75 Å². The first-order chi connectivity index (χ1) is 14.8. The third-order valence-corrected chi connectivity index (χ3v) is 6.89. The van der Waals surface area contributed by atoms with Crippen molar-refractivity contribution in [1.82, 2.24) is 9.21 Å². The van der Waals surface area contributed by atoms with Gasteiger partial charge in [0.05, 0.1) is 16.9 Å². The molecule has 1 aliphatic rings. The molecule has 1 N–H and O–H groups in total. The number of carbonyl (C=O) groups excluding carboxylic acids is 1. The van der Waals surface area contributed by atoms with Crippen LogP contribution in [0.25, 0.3) is 0 Å². The Bertz CT molecular complexity index is 1050. The Morgan fingerprint density at radius 1 is 1.13 bits per heavy atom. The number of hydrogen-bond donors (Lipinski definition) is 1.